The zero-order valence-electron chi connectivity index (χ0n) is 5.35. The second-order valence-electron chi connectivity index (χ2n) is 1.62. The molecule has 0 aromatic carbocycles. The summed E-state index contributed by atoms with van der Waals surface area (Å²) in [5.74, 6) is 2.50. The molecule has 0 aromatic rings. The van der Waals surface area contributed by atoms with Crippen LogP contribution in [0.1, 0.15) is 6.42 Å². The first-order valence-electron chi connectivity index (χ1n) is 2.56. The monoisotopic (exact) mass is 168 g/mol. The van der Waals surface area contributed by atoms with Gasteiger partial charge in [-0.3, -0.25) is 0 Å². The molecule has 0 amide bonds. The van der Waals surface area contributed by atoms with Crippen LogP contribution in [0.4, 0.5) is 0 Å². The van der Waals surface area contributed by atoms with Gasteiger partial charge in [0.1, 0.15) is 0 Å². The van der Waals surface area contributed by atoms with Crippen LogP contribution in [0.2, 0.25) is 0 Å². The molecule has 50 valence electrons. The standard InChI is InChI=1S/C5H12S3/c1-7-4-3-5-8(2)6/h3-5H2,1-2H3. The highest BCUT2D eigenvalue weighted by molar-refractivity contribution is 8.28. The van der Waals surface area contributed by atoms with Gasteiger partial charge >= 0.3 is 0 Å². The first-order valence-corrected chi connectivity index (χ1v) is 6.68. The Labute approximate surface area is 63.0 Å². The molecule has 0 aliphatic rings. The van der Waals surface area contributed by atoms with Crippen molar-refractivity contribution in [1.29, 1.82) is 0 Å². The van der Waals surface area contributed by atoms with Crippen LogP contribution in [0, 0.1) is 0 Å². The molecule has 0 saturated carbocycles. The summed E-state index contributed by atoms with van der Waals surface area (Å²) in [6, 6.07) is 0. The molecule has 0 spiro atoms. The Bertz CT molecular complexity index is 70.1. The molecule has 3 heteroatoms. The summed E-state index contributed by atoms with van der Waals surface area (Å²) >= 11 is 6.91. The molecule has 1 atom stereocenters. The second-order valence-corrected chi connectivity index (χ2v) is 5.87. The molecule has 0 saturated heterocycles. The average molecular weight is 168 g/mol. The molecule has 1 unspecified atom stereocenters. The van der Waals surface area contributed by atoms with E-state index in [1.54, 1.807) is 0 Å². The predicted octanol–water partition coefficient (Wildman–Crippen LogP) is 1.45. The number of hydrogen-bond acceptors (Lipinski definition) is 2. The van der Waals surface area contributed by atoms with Gasteiger partial charge in [0.25, 0.3) is 0 Å². The minimum Gasteiger partial charge on any atom is -0.165 e. The first kappa shape index (κ1) is 8.92. The topological polar surface area (TPSA) is 0 Å². The van der Waals surface area contributed by atoms with Gasteiger partial charge < -0.3 is 0 Å². The van der Waals surface area contributed by atoms with Gasteiger partial charge in [-0.05, 0) is 30.4 Å². The van der Waals surface area contributed by atoms with Crippen LogP contribution in [0.3, 0.4) is 0 Å². The quantitative estimate of drug-likeness (QED) is 0.583. The maximum absolute atomic E-state index is 5.01. The minimum atomic E-state index is 0.253. The molecule has 0 aliphatic carbocycles. The van der Waals surface area contributed by atoms with Gasteiger partial charge in [-0.1, -0.05) is 11.2 Å². The average Bonchev–Trinajstić information content (AvgIpc) is 1.66. The van der Waals surface area contributed by atoms with Crippen molar-refractivity contribution in [2.75, 3.05) is 24.0 Å². The lowest BCUT2D eigenvalue weighted by Crippen LogP contribution is -1.92. The van der Waals surface area contributed by atoms with Crippen molar-refractivity contribution in [3.63, 3.8) is 0 Å². The van der Waals surface area contributed by atoms with Crippen LogP contribution >= 0.6 is 11.8 Å². The Morgan fingerprint density at radius 2 is 2.25 bits per heavy atom. The van der Waals surface area contributed by atoms with Crippen molar-refractivity contribution < 1.29 is 0 Å². The van der Waals surface area contributed by atoms with Gasteiger partial charge in [-0.2, -0.15) is 11.8 Å². The molecule has 0 heterocycles. The number of hydrogen-bond donors (Lipinski definition) is 0. The molecule has 8 heavy (non-hydrogen) atoms. The van der Waals surface area contributed by atoms with E-state index in [1.807, 2.05) is 11.8 Å². The van der Waals surface area contributed by atoms with Crippen molar-refractivity contribution in [2.45, 2.75) is 6.42 Å². The van der Waals surface area contributed by atoms with E-state index in [-0.39, 0.29) is 9.45 Å². The van der Waals surface area contributed by atoms with Crippen LogP contribution < -0.4 is 0 Å². The maximum Gasteiger partial charge on any atom is -0.00157 e. The molecule has 0 bridgehead atoms. The highest BCUT2D eigenvalue weighted by Crippen LogP contribution is 1.95. The SMILES string of the molecule is CSCCCS(C)=S. The summed E-state index contributed by atoms with van der Waals surface area (Å²) in [6.45, 7) is 0. The zero-order valence-corrected chi connectivity index (χ0v) is 7.80. The Morgan fingerprint density at radius 1 is 1.62 bits per heavy atom. The van der Waals surface area contributed by atoms with Crippen molar-refractivity contribution in [2.24, 2.45) is 0 Å². The van der Waals surface area contributed by atoms with E-state index in [9.17, 15) is 0 Å². The Morgan fingerprint density at radius 3 is 2.62 bits per heavy atom. The van der Waals surface area contributed by atoms with Gasteiger partial charge in [0.15, 0.2) is 0 Å². The molecule has 0 nitrogen and oxygen atoms in total. The fraction of sp³-hybridized carbons (Fsp3) is 1.00. The van der Waals surface area contributed by atoms with E-state index in [0.29, 0.717) is 0 Å². The second kappa shape index (κ2) is 6.05. The molecule has 0 rings (SSSR count). The van der Waals surface area contributed by atoms with Gasteiger partial charge in [0.2, 0.25) is 0 Å². The van der Waals surface area contributed by atoms with Gasteiger partial charge in [0, 0.05) is 0 Å². The molecular formula is C5H12S3. The summed E-state index contributed by atoms with van der Waals surface area (Å²) in [6.07, 6.45) is 5.55. The fourth-order valence-corrected chi connectivity index (χ4v) is 1.93. The lowest BCUT2D eigenvalue weighted by molar-refractivity contribution is 1.13. The van der Waals surface area contributed by atoms with Crippen LogP contribution in [0.5, 0.6) is 0 Å². The molecule has 0 radical (unpaired) electrons. The summed E-state index contributed by atoms with van der Waals surface area (Å²) in [5.41, 5.74) is 0. The van der Waals surface area contributed by atoms with E-state index in [4.69, 9.17) is 11.2 Å². The van der Waals surface area contributed by atoms with E-state index < -0.39 is 0 Å². The Balaban J connectivity index is 2.82. The van der Waals surface area contributed by atoms with Crippen LogP contribution in [-0.4, -0.2) is 24.0 Å². The van der Waals surface area contributed by atoms with Gasteiger partial charge in [-0.15, -0.1) is 9.45 Å². The van der Waals surface area contributed by atoms with E-state index in [2.05, 4.69) is 12.5 Å². The van der Waals surface area contributed by atoms with Gasteiger partial charge in [-0.25, -0.2) is 0 Å². The van der Waals surface area contributed by atoms with E-state index in [0.717, 1.165) is 0 Å². The van der Waals surface area contributed by atoms with Crippen molar-refractivity contribution >= 4 is 32.4 Å². The van der Waals surface area contributed by atoms with Crippen LogP contribution in [0.15, 0.2) is 0 Å². The predicted molar refractivity (Wildman–Crippen MR) is 48.5 cm³/mol. The van der Waals surface area contributed by atoms with Crippen molar-refractivity contribution in [1.82, 2.24) is 0 Å². The first-order chi connectivity index (χ1) is 3.77. The third-order valence-electron chi connectivity index (χ3n) is 0.780. The third-order valence-corrected chi connectivity index (χ3v) is 2.84. The Hall–Kier alpha value is 0.920. The number of rotatable bonds is 4. The molecule has 0 N–H and O–H groups in total. The van der Waals surface area contributed by atoms with E-state index in [1.165, 1.54) is 17.9 Å². The van der Waals surface area contributed by atoms with E-state index >= 15 is 0 Å². The normalized spacial score (nSPS) is 13.8. The summed E-state index contributed by atoms with van der Waals surface area (Å²) < 4.78 is 0. The maximum atomic E-state index is 5.01. The molecule has 0 aromatic heterocycles. The van der Waals surface area contributed by atoms with Gasteiger partial charge in [0.05, 0.1) is 0 Å². The summed E-state index contributed by atoms with van der Waals surface area (Å²) in [4.78, 5) is 0. The largest absolute Gasteiger partial charge is 0.165 e. The molecule has 0 fully saturated rings. The summed E-state index contributed by atoms with van der Waals surface area (Å²) in [7, 11) is 0.253. The highest BCUT2D eigenvalue weighted by Gasteiger charge is 1.84. The van der Waals surface area contributed by atoms with Crippen molar-refractivity contribution in [3.8, 4) is 0 Å². The summed E-state index contributed by atoms with van der Waals surface area (Å²) in [5, 5.41) is 0. The fourth-order valence-electron chi connectivity index (χ4n) is 0.407. The smallest absolute Gasteiger partial charge is 0.00157 e. The highest BCUT2D eigenvalue weighted by atomic mass is 32.8. The molecular weight excluding hydrogens is 156 g/mol. The lowest BCUT2D eigenvalue weighted by Gasteiger charge is -1.94. The number of thioether (sulfide) groups is 1. The minimum absolute atomic E-state index is 0.253. The van der Waals surface area contributed by atoms with Crippen LogP contribution in [0.25, 0.3) is 0 Å². The molecule has 0 aliphatic heterocycles. The zero-order chi connectivity index (χ0) is 6.41. The third kappa shape index (κ3) is 6.92. The Kier molecular flexibility index (Phi) is 6.74. The van der Waals surface area contributed by atoms with Crippen LogP contribution in [-0.2, 0) is 20.6 Å². The van der Waals surface area contributed by atoms with Crippen molar-refractivity contribution in [3.05, 3.63) is 0 Å². The lowest BCUT2D eigenvalue weighted by atomic mass is 10.6.